The molecule has 0 atom stereocenters. The molecule has 7 heteroatoms. The smallest absolute Gasteiger partial charge is 0.360 e. The predicted molar refractivity (Wildman–Crippen MR) is 94.8 cm³/mol. The van der Waals surface area contributed by atoms with Gasteiger partial charge in [-0.2, -0.15) is 5.10 Å². The van der Waals surface area contributed by atoms with Crippen molar-refractivity contribution in [3.05, 3.63) is 47.4 Å². The van der Waals surface area contributed by atoms with E-state index in [2.05, 4.69) is 10.4 Å². The fourth-order valence-corrected chi connectivity index (χ4v) is 2.87. The lowest BCUT2D eigenvalue weighted by atomic mass is 10.1. The van der Waals surface area contributed by atoms with Gasteiger partial charge in [0.25, 0.3) is 5.91 Å². The molecule has 130 valence electrons. The first-order chi connectivity index (χ1) is 12.0. The Morgan fingerprint density at radius 2 is 2.00 bits per heavy atom. The maximum atomic E-state index is 12.9. The van der Waals surface area contributed by atoms with Crippen molar-refractivity contribution in [3.8, 4) is 0 Å². The standard InChI is InChI=1S/C18H20N4O3/c1-5-22-10-13(12-8-6-7-9-14(12)22)17(23)19-15-11(2)21(3)20-16(15)18(24)25-4/h6-10H,5H2,1-4H3,(H,19,23). The summed E-state index contributed by atoms with van der Waals surface area (Å²) in [6.07, 6.45) is 1.82. The first kappa shape index (κ1) is 16.8. The number of amides is 1. The van der Waals surface area contributed by atoms with Gasteiger partial charge < -0.3 is 14.6 Å². The van der Waals surface area contributed by atoms with Crippen LogP contribution in [-0.4, -0.2) is 33.3 Å². The first-order valence-corrected chi connectivity index (χ1v) is 7.99. The number of nitrogens with one attached hydrogen (secondary N) is 1. The Morgan fingerprint density at radius 1 is 1.28 bits per heavy atom. The topological polar surface area (TPSA) is 78.2 Å². The lowest BCUT2D eigenvalue weighted by Crippen LogP contribution is -2.15. The molecular weight excluding hydrogens is 320 g/mol. The van der Waals surface area contributed by atoms with Gasteiger partial charge in [0.1, 0.15) is 0 Å². The Bertz CT molecular complexity index is 968. The van der Waals surface area contributed by atoms with E-state index in [0.29, 0.717) is 16.9 Å². The van der Waals surface area contributed by atoms with Crippen molar-refractivity contribution >= 4 is 28.5 Å². The summed E-state index contributed by atoms with van der Waals surface area (Å²) in [5, 5.41) is 7.82. The zero-order valence-corrected chi connectivity index (χ0v) is 14.7. The van der Waals surface area contributed by atoms with Crippen LogP contribution in [0, 0.1) is 6.92 Å². The molecule has 0 aliphatic rings. The highest BCUT2D eigenvalue weighted by atomic mass is 16.5. The van der Waals surface area contributed by atoms with Crippen LogP contribution in [0.4, 0.5) is 5.69 Å². The Hall–Kier alpha value is -3.09. The number of rotatable bonds is 4. The second kappa shape index (κ2) is 6.43. The Morgan fingerprint density at radius 3 is 2.68 bits per heavy atom. The molecule has 1 amide bonds. The summed E-state index contributed by atoms with van der Waals surface area (Å²) in [6.45, 7) is 4.56. The molecule has 0 bridgehead atoms. The maximum absolute atomic E-state index is 12.9. The number of hydrogen-bond acceptors (Lipinski definition) is 4. The average molecular weight is 340 g/mol. The van der Waals surface area contributed by atoms with Gasteiger partial charge >= 0.3 is 5.97 Å². The van der Waals surface area contributed by atoms with E-state index in [9.17, 15) is 9.59 Å². The molecule has 25 heavy (non-hydrogen) atoms. The van der Waals surface area contributed by atoms with E-state index < -0.39 is 5.97 Å². The second-order valence-corrected chi connectivity index (χ2v) is 5.72. The maximum Gasteiger partial charge on any atom is 0.360 e. The number of para-hydroxylation sites is 1. The minimum absolute atomic E-state index is 0.0927. The third kappa shape index (κ3) is 2.77. The number of carbonyl (C=O) groups excluding carboxylic acids is 2. The molecule has 2 heterocycles. The fourth-order valence-electron chi connectivity index (χ4n) is 2.87. The highest BCUT2D eigenvalue weighted by Gasteiger charge is 2.23. The number of aromatic nitrogens is 3. The number of nitrogens with zero attached hydrogens (tertiary/aromatic N) is 3. The molecule has 0 spiro atoms. The minimum atomic E-state index is -0.588. The number of fused-ring (bicyclic) bond motifs is 1. The second-order valence-electron chi connectivity index (χ2n) is 5.72. The molecule has 0 saturated carbocycles. The molecule has 7 nitrogen and oxygen atoms in total. The largest absolute Gasteiger partial charge is 0.464 e. The summed E-state index contributed by atoms with van der Waals surface area (Å²) in [6, 6.07) is 7.73. The van der Waals surface area contributed by atoms with E-state index in [-0.39, 0.29) is 11.6 Å². The summed E-state index contributed by atoms with van der Waals surface area (Å²) in [7, 11) is 2.99. The van der Waals surface area contributed by atoms with Crippen LogP contribution < -0.4 is 5.32 Å². The van der Waals surface area contributed by atoms with Gasteiger partial charge in [0.05, 0.1) is 24.1 Å². The van der Waals surface area contributed by atoms with E-state index in [1.807, 2.05) is 42.0 Å². The SMILES string of the molecule is CCn1cc(C(=O)Nc2c(C(=O)OC)nn(C)c2C)c2ccccc21. The number of hydrogen-bond donors (Lipinski definition) is 1. The van der Waals surface area contributed by atoms with E-state index in [1.165, 1.54) is 11.8 Å². The summed E-state index contributed by atoms with van der Waals surface area (Å²) >= 11 is 0. The molecular formula is C18H20N4O3. The van der Waals surface area contributed by atoms with E-state index >= 15 is 0 Å². The van der Waals surface area contributed by atoms with E-state index in [0.717, 1.165) is 17.4 Å². The van der Waals surface area contributed by atoms with Crippen LogP contribution in [0.2, 0.25) is 0 Å². The van der Waals surface area contributed by atoms with Gasteiger partial charge in [-0.3, -0.25) is 9.48 Å². The molecule has 0 unspecified atom stereocenters. The molecule has 0 radical (unpaired) electrons. The van der Waals surface area contributed by atoms with Crippen molar-refractivity contribution in [2.24, 2.45) is 7.05 Å². The molecule has 2 aromatic heterocycles. The van der Waals surface area contributed by atoms with Crippen molar-refractivity contribution in [1.82, 2.24) is 14.3 Å². The van der Waals surface area contributed by atoms with Gasteiger partial charge in [0.2, 0.25) is 0 Å². The van der Waals surface area contributed by atoms with E-state index in [1.54, 1.807) is 14.0 Å². The quantitative estimate of drug-likeness (QED) is 0.741. The highest BCUT2D eigenvalue weighted by Crippen LogP contribution is 2.25. The van der Waals surface area contributed by atoms with Crippen molar-refractivity contribution in [3.63, 3.8) is 0 Å². The predicted octanol–water partition coefficient (Wildman–Crippen LogP) is 2.74. The normalized spacial score (nSPS) is 10.9. The molecule has 1 N–H and O–H groups in total. The zero-order valence-electron chi connectivity index (χ0n) is 14.7. The van der Waals surface area contributed by atoms with Crippen LogP contribution in [0.1, 0.15) is 33.5 Å². The third-order valence-corrected chi connectivity index (χ3v) is 4.33. The number of ether oxygens (including phenoxy) is 1. The van der Waals surface area contributed by atoms with Crippen LogP contribution in [0.3, 0.4) is 0 Å². The summed E-state index contributed by atoms with van der Waals surface area (Å²) in [4.78, 5) is 24.8. The number of methoxy groups -OCH3 is 1. The summed E-state index contributed by atoms with van der Waals surface area (Å²) in [5.41, 5.74) is 2.68. The van der Waals surface area contributed by atoms with Crippen molar-refractivity contribution < 1.29 is 14.3 Å². The van der Waals surface area contributed by atoms with Crippen LogP contribution in [-0.2, 0) is 18.3 Å². The minimum Gasteiger partial charge on any atom is -0.464 e. The number of esters is 1. The zero-order chi connectivity index (χ0) is 18.1. The van der Waals surface area contributed by atoms with Crippen LogP contribution >= 0.6 is 0 Å². The number of carbonyl (C=O) groups is 2. The number of anilines is 1. The first-order valence-electron chi connectivity index (χ1n) is 7.99. The lowest BCUT2D eigenvalue weighted by molar-refractivity contribution is 0.0594. The van der Waals surface area contributed by atoms with Gasteiger partial charge in [0, 0.05) is 30.7 Å². The monoisotopic (exact) mass is 340 g/mol. The lowest BCUT2D eigenvalue weighted by Gasteiger charge is -2.05. The van der Waals surface area contributed by atoms with E-state index in [4.69, 9.17) is 4.74 Å². The molecule has 3 aromatic rings. The molecule has 0 aliphatic carbocycles. The van der Waals surface area contributed by atoms with Gasteiger partial charge in [0.15, 0.2) is 5.69 Å². The van der Waals surface area contributed by atoms with Gasteiger partial charge in [-0.05, 0) is 19.9 Å². The molecule has 1 aromatic carbocycles. The molecule has 3 rings (SSSR count). The number of aryl methyl sites for hydroxylation is 2. The summed E-state index contributed by atoms with van der Waals surface area (Å²) in [5.74, 6) is -0.875. The average Bonchev–Trinajstić information content (AvgIpc) is 3.14. The van der Waals surface area contributed by atoms with Crippen molar-refractivity contribution in [2.45, 2.75) is 20.4 Å². The van der Waals surface area contributed by atoms with Crippen molar-refractivity contribution in [2.75, 3.05) is 12.4 Å². The van der Waals surface area contributed by atoms with Crippen molar-refractivity contribution in [1.29, 1.82) is 0 Å². The Kier molecular flexibility index (Phi) is 4.31. The molecule has 0 aliphatic heterocycles. The Balaban J connectivity index is 2.03. The third-order valence-electron chi connectivity index (χ3n) is 4.33. The number of benzene rings is 1. The highest BCUT2D eigenvalue weighted by molar-refractivity contribution is 6.14. The molecule has 0 saturated heterocycles. The summed E-state index contributed by atoms with van der Waals surface area (Å²) < 4.78 is 8.31. The van der Waals surface area contributed by atoms with Gasteiger partial charge in [-0.25, -0.2) is 4.79 Å². The van der Waals surface area contributed by atoms with Crippen LogP contribution in [0.25, 0.3) is 10.9 Å². The van der Waals surface area contributed by atoms with Gasteiger partial charge in [-0.1, -0.05) is 18.2 Å². The van der Waals surface area contributed by atoms with Gasteiger partial charge in [-0.15, -0.1) is 0 Å². The Labute approximate surface area is 145 Å². The molecule has 0 fully saturated rings. The van der Waals surface area contributed by atoms with Crippen LogP contribution in [0.5, 0.6) is 0 Å². The fraction of sp³-hybridized carbons (Fsp3) is 0.278. The van der Waals surface area contributed by atoms with Crippen LogP contribution in [0.15, 0.2) is 30.5 Å².